The molecule has 2 aliphatic carbocycles. The molecule has 10 heteroatoms. The van der Waals surface area contributed by atoms with Crippen molar-refractivity contribution in [1.29, 1.82) is 5.26 Å². The van der Waals surface area contributed by atoms with Gasteiger partial charge in [0, 0.05) is 46.8 Å². The first-order valence-electron chi connectivity index (χ1n) is 19.2. The summed E-state index contributed by atoms with van der Waals surface area (Å²) in [5.74, 6) is 0.659. The van der Waals surface area contributed by atoms with Crippen LogP contribution in [-0.2, 0) is 16.0 Å². The van der Waals surface area contributed by atoms with Crippen LogP contribution in [0.2, 0.25) is 0 Å². The van der Waals surface area contributed by atoms with Crippen molar-refractivity contribution in [3.05, 3.63) is 42.2 Å². The van der Waals surface area contributed by atoms with Gasteiger partial charge in [-0.3, -0.25) is 20.3 Å². The molecule has 1 spiro atoms. The van der Waals surface area contributed by atoms with E-state index in [0.717, 1.165) is 62.1 Å². The molecule has 49 heavy (non-hydrogen) atoms. The molecule has 1 amide bonds. The molecule has 1 aromatic carbocycles. The van der Waals surface area contributed by atoms with Gasteiger partial charge in [-0.25, -0.2) is 4.39 Å². The molecule has 7 rings (SSSR count). The van der Waals surface area contributed by atoms with Crippen molar-refractivity contribution in [2.45, 2.75) is 136 Å². The Labute approximate surface area is 297 Å². The minimum Gasteiger partial charge on any atom is -0.348 e. The number of carbonyl (C=O) groups is 1. The molecule has 0 aromatic heterocycles. The van der Waals surface area contributed by atoms with E-state index in [4.69, 9.17) is 4.74 Å². The second kappa shape index (κ2) is 15.3. The molecule has 7 atom stereocenters. The van der Waals surface area contributed by atoms with Crippen LogP contribution in [0.15, 0.2) is 35.7 Å². The SMILES string of the molecule is C=CC(=O)N1CCN(C2NC(OCC3CCCN3C)NC3(C4CCCCCCC4)C[C@@]4(CCc5cccc(F)c5S4)CCC23)CC1CC#N. The van der Waals surface area contributed by atoms with Crippen molar-refractivity contribution in [2.75, 3.05) is 39.8 Å². The lowest BCUT2D eigenvalue weighted by Crippen LogP contribution is -2.79. The minimum absolute atomic E-state index is 0.0302. The summed E-state index contributed by atoms with van der Waals surface area (Å²) < 4.78 is 22.3. The van der Waals surface area contributed by atoms with E-state index in [2.05, 4.69) is 46.2 Å². The third-order valence-electron chi connectivity index (χ3n) is 13.2. The average Bonchev–Trinajstić information content (AvgIpc) is 3.51. The summed E-state index contributed by atoms with van der Waals surface area (Å²) in [5, 5.41) is 18.0. The molecule has 0 radical (unpaired) electrons. The number of rotatable bonds is 7. The van der Waals surface area contributed by atoms with Gasteiger partial charge in [-0.15, -0.1) is 11.8 Å². The Morgan fingerprint density at radius 1 is 1.10 bits per heavy atom. The fourth-order valence-electron chi connectivity index (χ4n) is 10.6. The number of fused-ring (bicyclic) bond motifs is 2. The molecule has 2 saturated carbocycles. The molecule has 6 unspecified atom stereocenters. The van der Waals surface area contributed by atoms with Gasteiger partial charge in [-0.2, -0.15) is 5.26 Å². The molecular formula is C39H57FN6O2S. The number of nitrogens with one attached hydrogen (secondary N) is 2. The highest BCUT2D eigenvalue weighted by Gasteiger charge is 2.60. The van der Waals surface area contributed by atoms with Crippen LogP contribution in [0, 0.1) is 29.0 Å². The first-order chi connectivity index (χ1) is 23.8. The van der Waals surface area contributed by atoms with Gasteiger partial charge in [0.2, 0.25) is 5.91 Å². The number of nitrogens with zero attached hydrogens (tertiary/aromatic N) is 4. The van der Waals surface area contributed by atoms with E-state index in [-0.39, 0.29) is 40.6 Å². The van der Waals surface area contributed by atoms with E-state index >= 15 is 4.39 Å². The number of ether oxygens (including phenoxy) is 1. The van der Waals surface area contributed by atoms with Crippen molar-refractivity contribution < 1.29 is 13.9 Å². The Balaban J connectivity index is 1.25. The van der Waals surface area contributed by atoms with E-state index < -0.39 is 0 Å². The number of hydrogen-bond acceptors (Lipinski definition) is 8. The van der Waals surface area contributed by atoms with Crippen molar-refractivity contribution in [3.8, 4) is 6.07 Å². The molecule has 8 nitrogen and oxygen atoms in total. The van der Waals surface area contributed by atoms with E-state index in [1.807, 2.05) is 22.7 Å². The highest BCUT2D eigenvalue weighted by Crippen LogP contribution is 2.59. The standard InChI is InChI=1S/C39H57FN6O2S/c1-3-34(47)46-24-23-45(25-30(46)18-21-41)36-32-17-20-38(19-16-28-11-9-15-33(40)35(28)49-38)27-39(32,29-12-7-5-4-6-8-13-29)43-37(42-36)48-26-31-14-10-22-44(31)2/h3,9,11,15,29-32,36-37,42-43H,1,4-8,10,12-14,16-20,22-27H2,2H3/t30?,31?,32?,36?,37?,38-,39?/m1/s1. The molecule has 268 valence electrons. The number of hydrogen-bond donors (Lipinski definition) is 2. The first-order valence-corrected chi connectivity index (χ1v) is 20.0. The van der Waals surface area contributed by atoms with Gasteiger partial charge in [0.25, 0.3) is 0 Å². The van der Waals surface area contributed by atoms with Crippen LogP contribution in [0.1, 0.15) is 95.5 Å². The van der Waals surface area contributed by atoms with E-state index in [1.165, 1.54) is 57.4 Å². The Bertz CT molecular complexity index is 1380. The highest BCUT2D eigenvalue weighted by molar-refractivity contribution is 8.00. The average molecular weight is 693 g/mol. The molecule has 0 bridgehead atoms. The maximum atomic E-state index is 15.4. The van der Waals surface area contributed by atoms with Gasteiger partial charge in [-0.1, -0.05) is 50.8 Å². The molecule has 3 saturated heterocycles. The minimum atomic E-state index is -0.310. The predicted molar refractivity (Wildman–Crippen MR) is 192 cm³/mol. The van der Waals surface area contributed by atoms with Gasteiger partial charge in [0.05, 0.1) is 31.3 Å². The summed E-state index contributed by atoms with van der Waals surface area (Å²) in [7, 11) is 2.21. The fraction of sp³-hybridized carbons (Fsp3) is 0.744. The van der Waals surface area contributed by atoms with Crippen molar-refractivity contribution in [3.63, 3.8) is 0 Å². The zero-order valence-corrected chi connectivity index (χ0v) is 30.3. The summed E-state index contributed by atoms with van der Waals surface area (Å²) in [6.07, 6.45) is 17.7. The quantitative estimate of drug-likeness (QED) is 0.336. The lowest BCUT2D eigenvalue weighted by molar-refractivity contribution is -0.155. The predicted octanol–water partition coefficient (Wildman–Crippen LogP) is 6.03. The van der Waals surface area contributed by atoms with Crippen LogP contribution < -0.4 is 10.6 Å². The maximum Gasteiger partial charge on any atom is 0.246 e. The normalized spacial score (nSPS) is 36.3. The Kier molecular flexibility index (Phi) is 11.1. The number of amides is 1. The van der Waals surface area contributed by atoms with Crippen LogP contribution >= 0.6 is 11.8 Å². The fourth-order valence-corrected chi connectivity index (χ4v) is 12.2. The lowest BCUT2D eigenvalue weighted by Gasteiger charge is -2.64. The highest BCUT2D eigenvalue weighted by atomic mass is 32.2. The number of halogens is 1. The number of carbonyl (C=O) groups excluding carboxylic acids is 1. The molecule has 4 heterocycles. The van der Waals surface area contributed by atoms with Gasteiger partial charge in [0.15, 0.2) is 6.35 Å². The summed E-state index contributed by atoms with van der Waals surface area (Å²) in [6.45, 7) is 7.51. The van der Waals surface area contributed by atoms with Crippen LogP contribution in [0.3, 0.4) is 0 Å². The summed E-state index contributed by atoms with van der Waals surface area (Å²) in [5.41, 5.74) is 0.984. The summed E-state index contributed by atoms with van der Waals surface area (Å²) in [4.78, 5) is 20.5. The summed E-state index contributed by atoms with van der Waals surface area (Å²) >= 11 is 1.83. The number of aryl methyl sites for hydroxylation is 1. The third-order valence-corrected chi connectivity index (χ3v) is 14.8. The lowest BCUT2D eigenvalue weighted by atomic mass is 9.57. The smallest absolute Gasteiger partial charge is 0.246 e. The second-order valence-electron chi connectivity index (χ2n) is 15.9. The summed E-state index contributed by atoms with van der Waals surface area (Å²) in [6, 6.07) is 8.22. The first kappa shape index (κ1) is 35.4. The Morgan fingerprint density at radius 2 is 1.92 bits per heavy atom. The molecular weight excluding hydrogens is 636 g/mol. The zero-order valence-electron chi connectivity index (χ0n) is 29.5. The maximum absolute atomic E-state index is 15.4. The van der Waals surface area contributed by atoms with Gasteiger partial charge >= 0.3 is 0 Å². The van der Waals surface area contributed by atoms with Crippen LogP contribution in [0.5, 0.6) is 0 Å². The van der Waals surface area contributed by atoms with Gasteiger partial charge in [-0.05, 0) is 95.0 Å². The number of piperazine rings is 1. The number of thioether (sulfide) groups is 1. The second-order valence-corrected chi connectivity index (χ2v) is 17.4. The van der Waals surface area contributed by atoms with Crippen molar-refractivity contribution in [1.82, 2.24) is 25.3 Å². The van der Waals surface area contributed by atoms with Gasteiger partial charge in [0.1, 0.15) is 5.82 Å². The Morgan fingerprint density at radius 3 is 2.67 bits per heavy atom. The van der Waals surface area contributed by atoms with Crippen LogP contribution in [-0.4, -0.2) is 95.3 Å². The molecule has 4 aliphatic heterocycles. The van der Waals surface area contributed by atoms with Crippen molar-refractivity contribution >= 4 is 17.7 Å². The monoisotopic (exact) mass is 692 g/mol. The van der Waals surface area contributed by atoms with E-state index in [9.17, 15) is 10.1 Å². The number of benzene rings is 1. The van der Waals surface area contributed by atoms with Gasteiger partial charge < -0.3 is 14.5 Å². The van der Waals surface area contributed by atoms with Crippen LogP contribution in [0.25, 0.3) is 0 Å². The van der Waals surface area contributed by atoms with E-state index in [0.29, 0.717) is 44.0 Å². The number of nitriles is 1. The topological polar surface area (TPSA) is 83.9 Å². The molecule has 1 aromatic rings. The third kappa shape index (κ3) is 7.23. The van der Waals surface area contributed by atoms with Crippen LogP contribution in [0.4, 0.5) is 4.39 Å². The zero-order chi connectivity index (χ0) is 34.0. The number of likely N-dealkylation sites (N-methyl/N-ethyl adjacent to an activating group) is 1. The largest absolute Gasteiger partial charge is 0.348 e. The number of likely N-dealkylation sites (tertiary alicyclic amines) is 1. The van der Waals surface area contributed by atoms with Crippen molar-refractivity contribution in [2.24, 2.45) is 11.8 Å². The van der Waals surface area contributed by atoms with E-state index in [1.54, 1.807) is 6.07 Å². The molecule has 2 N–H and O–H groups in total. The Hall–Kier alpha value is -2.00. The molecule has 6 aliphatic rings. The molecule has 5 fully saturated rings.